The molecule has 2 heterocycles. The highest BCUT2D eigenvalue weighted by Crippen LogP contribution is 2.25. The zero-order valence-corrected chi connectivity index (χ0v) is 20.6. The number of anilines is 1. The molecule has 2 aromatic carbocycles. The fourth-order valence-electron chi connectivity index (χ4n) is 4.79. The summed E-state index contributed by atoms with van der Waals surface area (Å²) < 4.78 is 20.4. The number of imide groups is 1. The number of piperidine rings is 1. The number of nitrogens with zero attached hydrogens (tertiary/aromatic N) is 2. The van der Waals surface area contributed by atoms with Gasteiger partial charge >= 0.3 is 0 Å². The molecule has 8 nitrogen and oxygen atoms in total. The molecule has 9 heteroatoms. The molecule has 0 bridgehead atoms. The third kappa shape index (κ3) is 6.47. The summed E-state index contributed by atoms with van der Waals surface area (Å²) in [5.74, 6) is -0.338. The SMILES string of the molecule is CN(Cc1c(C=O)cccc1NCc1cc(OCCN2CCCC2)ccc1F)C1CCC(=O)NC1=O. The summed E-state index contributed by atoms with van der Waals surface area (Å²) in [7, 11) is 1.79. The molecule has 0 aromatic heterocycles. The summed E-state index contributed by atoms with van der Waals surface area (Å²) in [6.07, 6.45) is 3.92. The van der Waals surface area contributed by atoms with E-state index in [2.05, 4.69) is 15.5 Å². The molecule has 0 aliphatic carbocycles. The van der Waals surface area contributed by atoms with Crippen molar-refractivity contribution in [2.45, 2.75) is 44.8 Å². The van der Waals surface area contributed by atoms with Gasteiger partial charge in [-0.2, -0.15) is 0 Å². The predicted molar refractivity (Wildman–Crippen MR) is 134 cm³/mol. The highest BCUT2D eigenvalue weighted by molar-refractivity contribution is 6.00. The van der Waals surface area contributed by atoms with Crippen LogP contribution in [0.25, 0.3) is 0 Å². The zero-order valence-electron chi connectivity index (χ0n) is 20.6. The maximum absolute atomic E-state index is 14.6. The van der Waals surface area contributed by atoms with Crippen LogP contribution >= 0.6 is 0 Å². The van der Waals surface area contributed by atoms with Crippen molar-refractivity contribution in [1.82, 2.24) is 15.1 Å². The van der Waals surface area contributed by atoms with E-state index in [-0.39, 0.29) is 30.6 Å². The third-order valence-electron chi connectivity index (χ3n) is 6.85. The molecule has 4 rings (SSSR count). The second-order valence-corrected chi connectivity index (χ2v) is 9.38. The van der Waals surface area contributed by atoms with E-state index in [4.69, 9.17) is 4.74 Å². The number of hydrogen-bond acceptors (Lipinski definition) is 7. The number of halogens is 1. The Labute approximate surface area is 210 Å². The van der Waals surface area contributed by atoms with E-state index in [1.54, 1.807) is 31.3 Å². The van der Waals surface area contributed by atoms with Gasteiger partial charge in [0.1, 0.15) is 24.5 Å². The van der Waals surface area contributed by atoms with Gasteiger partial charge < -0.3 is 10.1 Å². The van der Waals surface area contributed by atoms with Crippen molar-refractivity contribution in [3.8, 4) is 5.75 Å². The van der Waals surface area contributed by atoms with Crippen LogP contribution in [-0.4, -0.2) is 67.2 Å². The maximum Gasteiger partial charge on any atom is 0.243 e. The van der Waals surface area contributed by atoms with Crippen LogP contribution < -0.4 is 15.4 Å². The van der Waals surface area contributed by atoms with Gasteiger partial charge in [0.15, 0.2) is 0 Å². The minimum absolute atomic E-state index is 0.201. The fourth-order valence-corrected chi connectivity index (χ4v) is 4.79. The third-order valence-corrected chi connectivity index (χ3v) is 6.85. The highest BCUT2D eigenvalue weighted by Gasteiger charge is 2.30. The van der Waals surface area contributed by atoms with E-state index in [0.717, 1.165) is 25.9 Å². The lowest BCUT2D eigenvalue weighted by atomic mass is 10.0. The van der Waals surface area contributed by atoms with Crippen LogP contribution in [0.5, 0.6) is 5.75 Å². The molecule has 2 N–H and O–H groups in total. The number of rotatable bonds is 11. The number of likely N-dealkylation sites (N-methyl/N-ethyl adjacent to an activating group) is 1. The number of carbonyl (C=O) groups excluding carboxylic acids is 3. The van der Waals surface area contributed by atoms with Gasteiger partial charge in [0.05, 0.1) is 6.04 Å². The Kier molecular flexibility index (Phi) is 8.66. The molecule has 2 aliphatic rings. The summed E-state index contributed by atoms with van der Waals surface area (Å²) in [6.45, 7) is 4.12. The van der Waals surface area contributed by atoms with Crippen LogP contribution in [-0.2, 0) is 22.7 Å². The molecule has 1 unspecified atom stereocenters. The second-order valence-electron chi connectivity index (χ2n) is 9.38. The second kappa shape index (κ2) is 12.1. The van der Waals surface area contributed by atoms with Crippen molar-refractivity contribution in [2.24, 2.45) is 0 Å². The first-order valence-corrected chi connectivity index (χ1v) is 12.4. The van der Waals surface area contributed by atoms with Gasteiger partial charge in [-0.1, -0.05) is 12.1 Å². The quantitative estimate of drug-likeness (QED) is 0.365. The van der Waals surface area contributed by atoms with Crippen molar-refractivity contribution in [3.63, 3.8) is 0 Å². The van der Waals surface area contributed by atoms with Crippen LogP contribution in [0.1, 0.15) is 47.2 Å². The van der Waals surface area contributed by atoms with Gasteiger partial charge in [-0.15, -0.1) is 0 Å². The zero-order chi connectivity index (χ0) is 25.5. The minimum Gasteiger partial charge on any atom is -0.492 e. The normalized spacial score (nSPS) is 18.4. The number of likely N-dealkylation sites (tertiary alicyclic amines) is 1. The molecule has 1 atom stereocenters. The number of aldehydes is 1. The van der Waals surface area contributed by atoms with Crippen LogP contribution in [0.3, 0.4) is 0 Å². The van der Waals surface area contributed by atoms with Crippen molar-refractivity contribution >= 4 is 23.8 Å². The van der Waals surface area contributed by atoms with E-state index in [9.17, 15) is 18.8 Å². The van der Waals surface area contributed by atoms with Gasteiger partial charge in [-0.05, 0) is 69.2 Å². The molecule has 192 valence electrons. The summed E-state index contributed by atoms with van der Waals surface area (Å²) in [5.41, 5.74) is 2.32. The van der Waals surface area contributed by atoms with E-state index < -0.39 is 6.04 Å². The predicted octanol–water partition coefficient (Wildman–Crippen LogP) is 2.96. The summed E-state index contributed by atoms with van der Waals surface area (Å²) >= 11 is 0. The van der Waals surface area contributed by atoms with Gasteiger partial charge in [-0.25, -0.2) is 4.39 Å². The molecule has 0 saturated carbocycles. The van der Waals surface area contributed by atoms with Crippen LogP contribution in [0.4, 0.5) is 10.1 Å². The Morgan fingerprint density at radius 2 is 2.03 bits per heavy atom. The number of benzene rings is 2. The van der Waals surface area contributed by atoms with E-state index in [0.29, 0.717) is 47.7 Å². The summed E-state index contributed by atoms with van der Waals surface area (Å²) in [4.78, 5) is 39.7. The lowest BCUT2D eigenvalue weighted by Gasteiger charge is -2.30. The first kappa shape index (κ1) is 25.8. The molecule has 2 aromatic rings. The van der Waals surface area contributed by atoms with Crippen molar-refractivity contribution < 1.29 is 23.5 Å². The molecule has 0 radical (unpaired) electrons. The van der Waals surface area contributed by atoms with E-state index in [1.807, 2.05) is 11.0 Å². The van der Waals surface area contributed by atoms with Gasteiger partial charge in [0.2, 0.25) is 11.8 Å². The highest BCUT2D eigenvalue weighted by atomic mass is 19.1. The van der Waals surface area contributed by atoms with Crippen molar-refractivity contribution in [3.05, 3.63) is 58.9 Å². The van der Waals surface area contributed by atoms with Gasteiger partial charge in [-0.3, -0.25) is 29.5 Å². The lowest BCUT2D eigenvalue weighted by molar-refractivity contribution is -0.137. The summed E-state index contributed by atoms with van der Waals surface area (Å²) in [6, 6.07) is 9.57. The van der Waals surface area contributed by atoms with E-state index >= 15 is 0 Å². The Hall–Kier alpha value is -3.30. The Balaban J connectivity index is 1.42. The van der Waals surface area contributed by atoms with Gasteiger partial charge in [0, 0.05) is 42.9 Å². The number of hydrogen-bond donors (Lipinski definition) is 2. The largest absolute Gasteiger partial charge is 0.492 e. The smallest absolute Gasteiger partial charge is 0.243 e. The number of amides is 2. The standard InChI is InChI=1S/C27H33FN4O4/c1-31(25-9-10-26(34)30-27(25)35)17-22-19(18-33)5-4-6-24(22)29-16-20-15-21(7-8-23(20)28)36-14-13-32-11-2-3-12-32/h4-8,15,18,25,29H,2-3,9-14,16-17H2,1H3,(H,30,34,35). The minimum atomic E-state index is -0.470. The molecule has 0 spiro atoms. The number of carbonyl (C=O) groups is 3. The molecule has 2 saturated heterocycles. The Morgan fingerprint density at radius 3 is 2.78 bits per heavy atom. The van der Waals surface area contributed by atoms with E-state index in [1.165, 1.54) is 18.9 Å². The molecular formula is C27H33FN4O4. The van der Waals surface area contributed by atoms with Crippen LogP contribution in [0.2, 0.25) is 0 Å². The molecule has 2 fully saturated rings. The Morgan fingerprint density at radius 1 is 1.22 bits per heavy atom. The lowest BCUT2D eigenvalue weighted by Crippen LogP contribution is -2.51. The molecule has 2 aliphatic heterocycles. The average Bonchev–Trinajstić information content (AvgIpc) is 3.38. The number of nitrogens with one attached hydrogen (secondary N) is 2. The monoisotopic (exact) mass is 496 g/mol. The van der Waals surface area contributed by atoms with Crippen molar-refractivity contribution in [2.75, 3.05) is 38.6 Å². The molecule has 2 amide bonds. The first-order chi connectivity index (χ1) is 17.4. The average molecular weight is 497 g/mol. The summed E-state index contributed by atoms with van der Waals surface area (Å²) in [5, 5.41) is 5.62. The topological polar surface area (TPSA) is 91.0 Å². The van der Waals surface area contributed by atoms with Crippen LogP contribution in [0, 0.1) is 5.82 Å². The molecule has 36 heavy (non-hydrogen) atoms. The number of ether oxygens (including phenoxy) is 1. The first-order valence-electron chi connectivity index (χ1n) is 12.4. The molecular weight excluding hydrogens is 463 g/mol. The van der Waals surface area contributed by atoms with Gasteiger partial charge in [0.25, 0.3) is 0 Å². The maximum atomic E-state index is 14.6. The van der Waals surface area contributed by atoms with Crippen molar-refractivity contribution in [1.29, 1.82) is 0 Å². The van der Waals surface area contributed by atoms with Crippen LogP contribution in [0.15, 0.2) is 36.4 Å². The Bertz CT molecular complexity index is 1100. The fraction of sp³-hybridized carbons (Fsp3) is 0.444.